The third kappa shape index (κ3) is 48.0. The summed E-state index contributed by atoms with van der Waals surface area (Å²) < 4.78 is 28.7. The van der Waals surface area contributed by atoms with Crippen molar-refractivity contribution in [2.24, 2.45) is 17.2 Å². The molecule has 1 aromatic rings. The van der Waals surface area contributed by atoms with Gasteiger partial charge in [0, 0.05) is 95.4 Å². The molecule has 7 aliphatic heterocycles. The number of aliphatic hydroxyl groups is 18. The molecule has 2 saturated carbocycles. The van der Waals surface area contributed by atoms with E-state index < -0.39 is 147 Å². The number of aliphatic carboxylic acids is 2. The second kappa shape index (κ2) is 72.8. The summed E-state index contributed by atoms with van der Waals surface area (Å²) in [7, 11) is 13.9. The topological polar surface area (TPSA) is 813 Å². The van der Waals surface area contributed by atoms with Crippen molar-refractivity contribution in [1.29, 1.82) is 0 Å². The van der Waals surface area contributed by atoms with Crippen LogP contribution >= 0.6 is 32.0 Å². The average molecular weight is 1900 g/mol. The number of aliphatic hydroxyl groups excluding tert-OH is 18. The summed E-state index contributed by atoms with van der Waals surface area (Å²) in [6.07, 6.45) is -17.2. The van der Waals surface area contributed by atoms with Crippen LogP contribution in [0.1, 0.15) is 140 Å². The van der Waals surface area contributed by atoms with Crippen molar-refractivity contribution in [3.05, 3.63) is 23.5 Å². The van der Waals surface area contributed by atoms with Crippen LogP contribution in [0.2, 0.25) is 0 Å². The second-order valence-corrected chi connectivity index (χ2v) is 30.6. The summed E-state index contributed by atoms with van der Waals surface area (Å²) in [5, 5.41) is 205. The van der Waals surface area contributed by atoms with Gasteiger partial charge in [0.15, 0.2) is 37.2 Å². The zero-order valence-electron chi connectivity index (χ0n) is 66.6. The number of carbonyl (C=O) groups is 6. The second-order valence-electron chi connectivity index (χ2n) is 27.5. The van der Waals surface area contributed by atoms with E-state index in [9.17, 15) is 54.3 Å². The first-order valence-electron chi connectivity index (χ1n) is 37.6. The predicted octanol–water partition coefficient (Wildman–Crippen LogP) is -9.64. The van der Waals surface area contributed by atoms with Crippen LogP contribution in [-0.2, 0) is 83.4 Å². The molecular formula is C73H152Cl2MnN12O34S. The number of carboxylic acids is 2. The molecule has 2 bridgehead atoms. The Labute approximate surface area is 739 Å². The number of nitrogens with one attached hydrogen (secondary N) is 8. The number of likely N-dealkylation sites (N-methyl/N-ethyl adjacent to an activating group) is 1. The molecule has 0 spiro atoms. The number of halogens is 2. The number of amides is 4. The molecule has 4 amide bonds. The van der Waals surface area contributed by atoms with Gasteiger partial charge >= 0.3 is 45.3 Å². The number of aromatic nitrogens is 1. The fourth-order valence-electron chi connectivity index (χ4n) is 12.9. The Hall–Kier alpha value is -3.90. The van der Waals surface area contributed by atoms with Crippen molar-refractivity contribution in [2.45, 2.75) is 318 Å². The Morgan fingerprint density at radius 3 is 0.984 bits per heavy atom. The Morgan fingerprint density at radius 1 is 0.472 bits per heavy atom. The van der Waals surface area contributed by atoms with Gasteiger partial charge in [-0.25, -0.2) is 9.59 Å². The number of thioether (sulfide) groups is 1. The van der Waals surface area contributed by atoms with Crippen molar-refractivity contribution in [1.82, 2.24) is 47.5 Å². The molecule has 2 aliphatic carbocycles. The van der Waals surface area contributed by atoms with Gasteiger partial charge in [0.05, 0.1) is 87.5 Å². The molecule has 0 radical (unpaired) electrons. The number of hydrogen-bond acceptors (Lipinski definition) is 39. The number of pyridine rings is 1. The van der Waals surface area contributed by atoms with Crippen molar-refractivity contribution in [3.63, 3.8) is 0 Å². The monoisotopic (exact) mass is 1900 g/mol. The first-order chi connectivity index (χ1) is 55.0. The Kier molecular flexibility index (Phi) is 78.3. The van der Waals surface area contributed by atoms with E-state index in [4.69, 9.17) is 122 Å². The number of carboxylic acid groups (broad SMARTS) is 2. The number of nitrogens with zero attached hydrogens (tertiary/aromatic N) is 1. The molecule has 123 heavy (non-hydrogen) atoms. The zero-order chi connectivity index (χ0) is 88.1. The SMILES string of the molecule is C.C.C.C.C.CC(=O)NC1COC(CO)[C@@H](O)C1.CC(=O)NC1COC(CO)[C@@H](O)C1.CC(=O)NC1COC(CO)[C@@H](O)C1.CN.CN.CNC(=O)C1O[C@@H](O)C(O)[C@H](O)[C@@H]1O.NCCSc1cc2nc(c1)CN[C@@H]1CCCC[C@H]1NCCN[C@@H]1CCCC[C@H]1NC2.O.O.O=C(O)C1O[C@@H](O)C(O)[C@H](O)[C@@H]1O.O=C(O)C1O[C@@H](O)C(O)[C@H](O)[C@@H]1O.[Cl][Mn][Cl]. The van der Waals surface area contributed by atoms with Crippen LogP contribution in [0.4, 0.5) is 0 Å². The van der Waals surface area contributed by atoms with E-state index in [2.05, 4.69) is 80.3 Å². The van der Waals surface area contributed by atoms with Crippen LogP contribution in [0.5, 0.6) is 0 Å². The van der Waals surface area contributed by atoms with Crippen LogP contribution in [0, 0.1) is 0 Å². The zero-order valence-corrected chi connectivity index (χ0v) is 70.2. The van der Waals surface area contributed by atoms with Crippen LogP contribution in [0.15, 0.2) is 17.0 Å². The number of fused-ring (bicyclic) bond motifs is 4. The molecule has 8 fully saturated rings. The minimum absolute atomic E-state index is 0. The quantitative estimate of drug-likeness (QED) is 0.0682. The van der Waals surface area contributed by atoms with Gasteiger partial charge in [0.25, 0.3) is 5.91 Å². The van der Waals surface area contributed by atoms with E-state index >= 15 is 0 Å². The molecule has 46 nitrogen and oxygen atoms in total. The van der Waals surface area contributed by atoms with Gasteiger partial charge in [-0.1, -0.05) is 62.8 Å². The fraction of sp³-hybridized carbons (Fsp3) is 0.849. The molecule has 50 heteroatoms. The van der Waals surface area contributed by atoms with Crippen molar-refractivity contribution in [3.8, 4) is 0 Å². The van der Waals surface area contributed by atoms with E-state index in [1.807, 2.05) is 11.8 Å². The van der Waals surface area contributed by atoms with E-state index in [1.165, 1.54) is 98.2 Å². The Balaban J connectivity index is -0.000000257. The van der Waals surface area contributed by atoms with Gasteiger partial charge < -0.3 is 201 Å². The van der Waals surface area contributed by atoms with Crippen LogP contribution in [0.3, 0.4) is 0 Å². The Bertz CT molecular complexity index is 2720. The number of ether oxygens (including phenoxy) is 6. The standard InChI is InChI=1S/C23H40N6S.3C8H15NO4.C7H13NO6.2C6H10O7.2CH5N.5CH4.2ClH.Mn.2H2O/c24-9-12-30-19-13-17-15-27-22-7-3-1-5-20(22)25-10-11-26-21-6-2-4-8-23(21)28-16-18(14-19)29-17;3*1-5(11)9-6-2-7(12)8(3-10)13-4-6;1-8-6(12)5-3(10)2(9)4(11)7(13)14-5;2*7-1-2(8)4(5(10)11)13-6(12)3(1)9;2*1-2;;;;;;;;;;/h13-14,20-23,25-28H,1-12,15-16,24H2;3*6-8,10,12H,2-4H2,1H3,(H,9,11);2-5,7,9-11,13H,1H3,(H,8,12);2*1-4,6-9,12H,(H,10,11);2*2H2,1H3;5*1H4;2*1H;;2*1H2/q;;;;;;;;;;;;;;;;+2;;/p-2/t20-,21-,22-,23-;3*6?,7-,8?;2-,3+,4?,5?,7-;2*1-,2+,3?,4?,6-;;;;;;;;;;;;/m1000111............/s1. The van der Waals surface area contributed by atoms with Gasteiger partial charge in [0.2, 0.25) is 17.7 Å². The van der Waals surface area contributed by atoms with Crippen molar-refractivity contribution < 1.29 is 183 Å². The molecule has 12 unspecified atom stereocenters. The molecule has 38 N–H and O–H groups in total. The summed E-state index contributed by atoms with van der Waals surface area (Å²) >= 11 is 1.85. The molecule has 735 valence electrons. The van der Waals surface area contributed by atoms with E-state index in [1.54, 1.807) is 0 Å². The van der Waals surface area contributed by atoms with Gasteiger partial charge in [-0.15, -0.1) is 11.8 Å². The summed E-state index contributed by atoms with van der Waals surface area (Å²) in [6, 6.07) is 6.29. The summed E-state index contributed by atoms with van der Waals surface area (Å²) in [5.74, 6) is -3.17. The molecule has 1 aromatic heterocycles. The number of rotatable bonds is 12. The molecule has 9 aliphatic rings. The maximum atomic E-state index is 11.1. The Morgan fingerprint density at radius 2 is 0.740 bits per heavy atom. The van der Waals surface area contributed by atoms with Crippen LogP contribution < -0.4 is 59.7 Å². The average Bonchev–Trinajstić information content (AvgIpc) is 0.971. The summed E-state index contributed by atoms with van der Waals surface area (Å²) in [4.78, 5) is 70.2. The van der Waals surface area contributed by atoms with Crippen molar-refractivity contribution in [2.75, 3.05) is 86.2 Å². The maximum absolute atomic E-state index is 11.1. The fourth-order valence-corrected chi connectivity index (χ4v) is 13.7. The predicted molar refractivity (Wildman–Crippen MR) is 450 cm³/mol. The minimum atomic E-state index is -1.81. The molecule has 10 rings (SSSR count). The van der Waals surface area contributed by atoms with Gasteiger partial charge in [-0.2, -0.15) is 0 Å². The van der Waals surface area contributed by atoms with Crippen molar-refractivity contribution >= 4 is 67.5 Å². The third-order valence-corrected chi connectivity index (χ3v) is 19.8. The molecule has 28 atom stereocenters. The third-order valence-electron chi connectivity index (χ3n) is 18.8. The summed E-state index contributed by atoms with van der Waals surface area (Å²) in [5.41, 5.74) is 17.1. The molecular weight excluding hydrogens is 1750 g/mol. The first kappa shape index (κ1) is 132. The normalized spacial score (nSPS) is 33.3. The van der Waals surface area contributed by atoms with Gasteiger partial charge in [-0.3, -0.25) is 24.2 Å². The number of carbonyl (C=O) groups excluding carboxylic acids is 4. The molecule has 6 saturated heterocycles. The van der Waals surface area contributed by atoms with Gasteiger partial charge in [0.1, 0.15) is 73.2 Å². The van der Waals surface area contributed by atoms with Crippen LogP contribution in [0.25, 0.3) is 0 Å². The molecule has 8 heterocycles. The van der Waals surface area contributed by atoms with Gasteiger partial charge in [-0.05, 0) is 71.2 Å². The van der Waals surface area contributed by atoms with E-state index in [-0.39, 0.29) is 117 Å². The number of nitrogens with two attached hydrogens (primary N) is 3. The first-order valence-corrected chi connectivity index (χ1v) is 41.9. The molecule has 0 aromatic carbocycles. The summed E-state index contributed by atoms with van der Waals surface area (Å²) in [6.45, 7) is 9.25. The number of hydrogen-bond donors (Lipinski definition) is 31. The van der Waals surface area contributed by atoms with Crippen LogP contribution in [-0.4, -0.2) is 411 Å². The van der Waals surface area contributed by atoms with E-state index in [0.29, 0.717) is 69.8 Å². The van der Waals surface area contributed by atoms with E-state index in [0.717, 1.165) is 43.3 Å².